The SMILES string of the molecule is c1ccc(-c2cccc(N(c3ccc4c(c3)C(c3ccccc3)(c3ccccc3)c3ccccc3-4)c3ccc4nc(-c5ccccc5)sc4c3)c2)cc1. The van der Waals surface area contributed by atoms with Crippen molar-refractivity contribution in [1.29, 1.82) is 0 Å². The van der Waals surface area contributed by atoms with Gasteiger partial charge in [0, 0.05) is 22.6 Å². The molecule has 0 saturated carbocycles. The first-order chi connectivity index (χ1) is 26.3. The number of fused-ring (bicyclic) bond motifs is 4. The molecule has 0 amide bonds. The fourth-order valence-corrected chi connectivity index (χ4v) is 9.23. The van der Waals surface area contributed by atoms with E-state index in [1.54, 1.807) is 11.3 Å². The van der Waals surface area contributed by atoms with Gasteiger partial charge in [-0.05, 0) is 87.0 Å². The molecular formula is C50H34N2S. The fourth-order valence-electron chi connectivity index (χ4n) is 8.23. The molecule has 1 aliphatic carbocycles. The Kier molecular flexibility index (Phi) is 7.59. The molecule has 1 aromatic heterocycles. The Labute approximate surface area is 313 Å². The molecule has 2 nitrogen and oxygen atoms in total. The number of benzene rings is 8. The Morgan fingerprint density at radius 2 is 0.943 bits per heavy atom. The Morgan fingerprint density at radius 3 is 1.66 bits per heavy atom. The number of thiazole rings is 1. The zero-order valence-corrected chi connectivity index (χ0v) is 29.7. The van der Waals surface area contributed by atoms with Crippen molar-refractivity contribution in [3.05, 3.63) is 229 Å². The van der Waals surface area contributed by atoms with E-state index in [4.69, 9.17) is 4.98 Å². The zero-order chi connectivity index (χ0) is 35.2. The van der Waals surface area contributed by atoms with Crippen molar-refractivity contribution in [3.8, 4) is 32.8 Å². The van der Waals surface area contributed by atoms with E-state index in [0.29, 0.717) is 0 Å². The van der Waals surface area contributed by atoms with Gasteiger partial charge in [-0.1, -0.05) is 164 Å². The van der Waals surface area contributed by atoms with Gasteiger partial charge in [0.25, 0.3) is 0 Å². The number of hydrogen-bond acceptors (Lipinski definition) is 3. The molecule has 0 radical (unpaired) electrons. The van der Waals surface area contributed by atoms with Crippen molar-refractivity contribution >= 4 is 38.6 Å². The van der Waals surface area contributed by atoms with Crippen LogP contribution in [-0.4, -0.2) is 4.98 Å². The van der Waals surface area contributed by atoms with Crippen molar-refractivity contribution in [1.82, 2.24) is 4.98 Å². The zero-order valence-electron chi connectivity index (χ0n) is 28.9. The number of hydrogen-bond donors (Lipinski definition) is 0. The Bertz CT molecular complexity index is 2680. The monoisotopic (exact) mass is 694 g/mol. The van der Waals surface area contributed by atoms with Crippen molar-refractivity contribution < 1.29 is 0 Å². The summed E-state index contributed by atoms with van der Waals surface area (Å²) in [5, 5.41) is 1.03. The summed E-state index contributed by atoms with van der Waals surface area (Å²) in [5.74, 6) is 0. The van der Waals surface area contributed by atoms with Crippen LogP contribution in [0.15, 0.2) is 206 Å². The molecule has 3 heteroatoms. The number of nitrogens with zero attached hydrogens (tertiary/aromatic N) is 2. The van der Waals surface area contributed by atoms with Crippen LogP contribution in [0.2, 0.25) is 0 Å². The highest BCUT2D eigenvalue weighted by Crippen LogP contribution is 2.57. The summed E-state index contributed by atoms with van der Waals surface area (Å²) in [6.07, 6.45) is 0. The average molecular weight is 695 g/mol. The molecule has 0 aliphatic heterocycles. The van der Waals surface area contributed by atoms with Crippen LogP contribution in [0.3, 0.4) is 0 Å². The summed E-state index contributed by atoms with van der Waals surface area (Å²) in [6.45, 7) is 0. The van der Waals surface area contributed by atoms with Crippen LogP contribution >= 0.6 is 11.3 Å². The second-order valence-electron chi connectivity index (χ2n) is 13.5. The first-order valence-electron chi connectivity index (χ1n) is 18.0. The predicted octanol–water partition coefficient (Wildman–Crippen LogP) is 13.5. The Balaban J connectivity index is 1.22. The standard InChI is InChI=1S/C50H34N2S/c1-5-16-35(17-6-1)37-20-15-25-40(32-37)52(42-29-31-47-48(34-42)53-49(51-47)36-18-7-2-8-19-36)41-28-30-44-43-26-13-14-27-45(43)50(46(44)33-41,38-21-9-3-10-22-38)39-23-11-4-12-24-39/h1-34H. The van der Waals surface area contributed by atoms with Crippen LogP contribution < -0.4 is 4.90 Å². The topological polar surface area (TPSA) is 16.1 Å². The number of anilines is 3. The van der Waals surface area contributed by atoms with E-state index in [2.05, 4.69) is 211 Å². The number of aromatic nitrogens is 1. The molecule has 10 rings (SSSR count). The minimum absolute atomic E-state index is 0.492. The van der Waals surface area contributed by atoms with E-state index >= 15 is 0 Å². The maximum atomic E-state index is 5.04. The molecule has 1 aliphatic rings. The quantitative estimate of drug-likeness (QED) is 0.165. The molecule has 0 N–H and O–H groups in total. The van der Waals surface area contributed by atoms with Crippen LogP contribution in [-0.2, 0) is 5.41 Å². The molecule has 8 aromatic carbocycles. The van der Waals surface area contributed by atoms with Gasteiger partial charge in [-0.25, -0.2) is 4.98 Å². The van der Waals surface area contributed by atoms with E-state index in [1.165, 1.54) is 44.5 Å². The molecule has 0 spiro atoms. The lowest BCUT2D eigenvalue weighted by atomic mass is 9.67. The van der Waals surface area contributed by atoms with Crippen molar-refractivity contribution in [2.75, 3.05) is 4.90 Å². The van der Waals surface area contributed by atoms with Gasteiger partial charge in [0.15, 0.2) is 0 Å². The van der Waals surface area contributed by atoms with Gasteiger partial charge in [0.05, 0.1) is 15.6 Å². The van der Waals surface area contributed by atoms with E-state index in [9.17, 15) is 0 Å². The van der Waals surface area contributed by atoms with Gasteiger partial charge in [-0.2, -0.15) is 0 Å². The lowest BCUT2D eigenvalue weighted by Gasteiger charge is -2.35. The molecule has 0 bridgehead atoms. The van der Waals surface area contributed by atoms with Gasteiger partial charge in [0.1, 0.15) is 5.01 Å². The lowest BCUT2D eigenvalue weighted by molar-refractivity contribution is 0.768. The summed E-state index contributed by atoms with van der Waals surface area (Å²) < 4.78 is 1.15. The summed E-state index contributed by atoms with van der Waals surface area (Å²) in [6, 6.07) is 74.8. The minimum Gasteiger partial charge on any atom is -0.310 e. The van der Waals surface area contributed by atoms with Crippen LogP contribution in [0.25, 0.3) is 43.0 Å². The third kappa shape index (κ3) is 5.20. The van der Waals surface area contributed by atoms with E-state index in [-0.39, 0.29) is 0 Å². The molecular weight excluding hydrogens is 661 g/mol. The molecule has 0 atom stereocenters. The van der Waals surface area contributed by atoms with Gasteiger partial charge in [0.2, 0.25) is 0 Å². The van der Waals surface area contributed by atoms with Gasteiger partial charge in [-0.3, -0.25) is 0 Å². The molecule has 53 heavy (non-hydrogen) atoms. The van der Waals surface area contributed by atoms with Crippen LogP contribution in [0.1, 0.15) is 22.3 Å². The highest BCUT2D eigenvalue weighted by molar-refractivity contribution is 7.21. The Morgan fingerprint density at radius 1 is 0.396 bits per heavy atom. The molecule has 250 valence electrons. The van der Waals surface area contributed by atoms with E-state index in [1.807, 2.05) is 0 Å². The maximum Gasteiger partial charge on any atom is 0.124 e. The first kappa shape index (κ1) is 31.2. The average Bonchev–Trinajstić information content (AvgIpc) is 3.80. The summed E-state index contributed by atoms with van der Waals surface area (Å²) in [7, 11) is 0. The van der Waals surface area contributed by atoms with Crippen molar-refractivity contribution in [3.63, 3.8) is 0 Å². The predicted molar refractivity (Wildman–Crippen MR) is 222 cm³/mol. The van der Waals surface area contributed by atoms with Crippen molar-refractivity contribution in [2.24, 2.45) is 0 Å². The summed E-state index contributed by atoms with van der Waals surface area (Å²) >= 11 is 1.74. The van der Waals surface area contributed by atoms with Gasteiger partial charge >= 0.3 is 0 Å². The number of rotatable bonds is 7. The molecule has 0 saturated heterocycles. The normalized spacial score (nSPS) is 12.7. The third-order valence-electron chi connectivity index (χ3n) is 10.6. The van der Waals surface area contributed by atoms with Gasteiger partial charge in [-0.15, -0.1) is 11.3 Å². The van der Waals surface area contributed by atoms with E-state index < -0.39 is 5.41 Å². The van der Waals surface area contributed by atoms with Crippen LogP contribution in [0.5, 0.6) is 0 Å². The van der Waals surface area contributed by atoms with Crippen LogP contribution in [0.4, 0.5) is 17.1 Å². The second kappa shape index (κ2) is 12.9. The molecule has 0 unspecified atom stereocenters. The summed E-state index contributed by atoms with van der Waals surface area (Å²) in [4.78, 5) is 7.45. The maximum absolute atomic E-state index is 5.04. The highest BCUT2D eigenvalue weighted by Gasteiger charge is 2.46. The minimum atomic E-state index is -0.492. The second-order valence-corrected chi connectivity index (χ2v) is 14.6. The lowest BCUT2D eigenvalue weighted by Crippen LogP contribution is -2.28. The van der Waals surface area contributed by atoms with E-state index in [0.717, 1.165) is 37.8 Å². The summed E-state index contributed by atoms with van der Waals surface area (Å²) in [5.41, 5.74) is 14.9. The molecule has 0 fully saturated rings. The first-order valence-corrected chi connectivity index (χ1v) is 18.9. The largest absolute Gasteiger partial charge is 0.310 e. The molecule has 9 aromatic rings. The van der Waals surface area contributed by atoms with Crippen LogP contribution in [0, 0.1) is 0 Å². The highest BCUT2D eigenvalue weighted by atomic mass is 32.1. The van der Waals surface area contributed by atoms with Gasteiger partial charge < -0.3 is 4.90 Å². The third-order valence-corrected chi connectivity index (χ3v) is 11.6. The Hall–Kier alpha value is -6.55. The molecule has 1 heterocycles. The smallest absolute Gasteiger partial charge is 0.124 e. The van der Waals surface area contributed by atoms with Crippen molar-refractivity contribution in [2.45, 2.75) is 5.41 Å². The fraction of sp³-hybridized carbons (Fsp3) is 0.0200.